The number of hydrogen-bond acceptors (Lipinski definition) is 4. The lowest BCUT2D eigenvalue weighted by Crippen LogP contribution is -2.66. The summed E-state index contributed by atoms with van der Waals surface area (Å²) in [6, 6.07) is 2.59. The quantitative estimate of drug-likeness (QED) is 0.789. The van der Waals surface area contributed by atoms with Crippen molar-refractivity contribution in [2.45, 2.75) is 64.7 Å². The molecule has 0 N–H and O–H groups in total. The molecule has 3 rings (SSSR count). The molecule has 3 heterocycles. The number of ether oxygens (including phenoxy) is 1. The van der Waals surface area contributed by atoms with E-state index in [2.05, 4.69) is 42.4 Å². The molecular formula is C18H35N3O. The highest BCUT2D eigenvalue weighted by Gasteiger charge is 2.39. The Labute approximate surface area is 136 Å². The Kier molecular flexibility index (Phi) is 5.43. The van der Waals surface area contributed by atoms with Crippen LogP contribution in [0.3, 0.4) is 0 Å². The highest BCUT2D eigenvalue weighted by Crippen LogP contribution is 2.26. The molecule has 3 saturated heterocycles. The second-order valence-electron chi connectivity index (χ2n) is 8.18. The van der Waals surface area contributed by atoms with Crippen LogP contribution in [0.25, 0.3) is 0 Å². The number of piperidine rings is 1. The van der Waals surface area contributed by atoms with Crippen LogP contribution in [-0.4, -0.2) is 84.8 Å². The van der Waals surface area contributed by atoms with Crippen LogP contribution in [0.4, 0.5) is 0 Å². The summed E-state index contributed by atoms with van der Waals surface area (Å²) in [7, 11) is 0. The molecule has 4 heteroatoms. The summed E-state index contributed by atoms with van der Waals surface area (Å²) in [5.41, 5.74) is 0. The molecule has 128 valence electrons. The second-order valence-corrected chi connectivity index (χ2v) is 8.18. The Balaban J connectivity index is 1.51. The van der Waals surface area contributed by atoms with Gasteiger partial charge in [-0.05, 0) is 59.5 Å². The Hall–Kier alpha value is -0.160. The summed E-state index contributed by atoms with van der Waals surface area (Å²) < 4.78 is 5.82. The van der Waals surface area contributed by atoms with Gasteiger partial charge in [0.15, 0.2) is 0 Å². The first-order chi connectivity index (χ1) is 10.5. The van der Waals surface area contributed by atoms with E-state index in [1.807, 2.05) is 0 Å². The molecule has 3 aliphatic heterocycles. The zero-order chi connectivity index (χ0) is 15.7. The lowest BCUT2D eigenvalue weighted by molar-refractivity contribution is -0.113. The molecule has 0 amide bonds. The van der Waals surface area contributed by atoms with Crippen LogP contribution in [0.2, 0.25) is 0 Å². The fraction of sp³-hybridized carbons (Fsp3) is 1.00. The lowest BCUT2D eigenvalue weighted by atomic mass is 9.93. The highest BCUT2D eigenvalue weighted by atomic mass is 16.5. The largest absolute Gasteiger partial charge is 0.378 e. The van der Waals surface area contributed by atoms with Crippen molar-refractivity contribution in [1.82, 2.24) is 14.7 Å². The van der Waals surface area contributed by atoms with E-state index < -0.39 is 0 Å². The minimum Gasteiger partial charge on any atom is -0.378 e. The van der Waals surface area contributed by atoms with Crippen LogP contribution >= 0.6 is 0 Å². The maximum atomic E-state index is 5.82. The minimum atomic E-state index is 0.614. The van der Waals surface area contributed by atoms with Crippen molar-refractivity contribution >= 4 is 0 Å². The molecule has 3 aliphatic rings. The molecule has 2 atom stereocenters. The number of morpholine rings is 1. The van der Waals surface area contributed by atoms with E-state index in [0.717, 1.165) is 19.1 Å². The van der Waals surface area contributed by atoms with Crippen molar-refractivity contribution < 1.29 is 4.74 Å². The summed E-state index contributed by atoms with van der Waals surface area (Å²) >= 11 is 0. The number of nitrogens with zero attached hydrogens (tertiary/aromatic N) is 3. The molecule has 0 saturated carbocycles. The first kappa shape index (κ1) is 16.7. The molecule has 0 aromatic carbocycles. The molecule has 22 heavy (non-hydrogen) atoms. The summed E-state index contributed by atoms with van der Waals surface area (Å²) in [5, 5.41) is 0. The average Bonchev–Trinajstić information content (AvgIpc) is 2.46. The summed E-state index contributed by atoms with van der Waals surface area (Å²) in [6.07, 6.45) is 2.77. The number of piperazine rings is 1. The Morgan fingerprint density at radius 3 is 2.00 bits per heavy atom. The molecule has 0 aliphatic carbocycles. The van der Waals surface area contributed by atoms with Gasteiger partial charge in [-0.1, -0.05) is 0 Å². The van der Waals surface area contributed by atoms with E-state index in [0.29, 0.717) is 24.2 Å². The predicted octanol–water partition coefficient (Wildman–Crippen LogP) is 1.90. The molecular weight excluding hydrogens is 274 g/mol. The summed E-state index contributed by atoms with van der Waals surface area (Å²) in [6.45, 7) is 17.5. The fourth-order valence-corrected chi connectivity index (χ4v) is 4.78. The van der Waals surface area contributed by atoms with Crippen LogP contribution < -0.4 is 0 Å². The Morgan fingerprint density at radius 1 is 0.909 bits per heavy atom. The van der Waals surface area contributed by atoms with E-state index >= 15 is 0 Å². The Morgan fingerprint density at radius 2 is 1.50 bits per heavy atom. The van der Waals surface area contributed by atoms with Crippen molar-refractivity contribution in [3.63, 3.8) is 0 Å². The van der Waals surface area contributed by atoms with Crippen molar-refractivity contribution in [1.29, 1.82) is 0 Å². The summed E-state index contributed by atoms with van der Waals surface area (Å²) in [5.74, 6) is 0.905. The average molecular weight is 309 g/mol. The van der Waals surface area contributed by atoms with Crippen LogP contribution in [-0.2, 0) is 4.74 Å². The van der Waals surface area contributed by atoms with Crippen molar-refractivity contribution in [2.24, 2.45) is 5.92 Å². The van der Waals surface area contributed by atoms with E-state index in [4.69, 9.17) is 4.74 Å². The van der Waals surface area contributed by atoms with Gasteiger partial charge in [0.25, 0.3) is 0 Å². The molecule has 0 aromatic rings. The third-order valence-corrected chi connectivity index (χ3v) is 5.89. The number of hydrogen-bond donors (Lipinski definition) is 0. The van der Waals surface area contributed by atoms with Gasteiger partial charge in [0.1, 0.15) is 0 Å². The zero-order valence-electron chi connectivity index (χ0n) is 15.0. The number of fused-ring (bicyclic) bond motifs is 2. The highest BCUT2D eigenvalue weighted by molar-refractivity contribution is 4.94. The Bertz CT molecular complexity index is 338. The second kappa shape index (κ2) is 7.16. The van der Waals surface area contributed by atoms with Gasteiger partial charge in [-0.15, -0.1) is 0 Å². The van der Waals surface area contributed by atoms with Crippen molar-refractivity contribution in [2.75, 3.05) is 45.9 Å². The van der Waals surface area contributed by atoms with E-state index in [-0.39, 0.29) is 0 Å². The summed E-state index contributed by atoms with van der Waals surface area (Å²) in [4.78, 5) is 8.09. The molecule has 4 nitrogen and oxygen atoms in total. The van der Waals surface area contributed by atoms with Crippen LogP contribution in [0, 0.1) is 5.92 Å². The van der Waals surface area contributed by atoms with Gasteiger partial charge < -0.3 is 9.64 Å². The predicted molar refractivity (Wildman–Crippen MR) is 91.2 cm³/mol. The van der Waals surface area contributed by atoms with E-state index in [1.54, 1.807) is 0 Å². The molecule has 0 spiro atoms. The van der Waals surface area contributed by atoms with Crippen molar-refractivity contribution in [3.05, 3.63) is 0 Å². The van der Waals surface area contributed by atoms with Crippen LogP contribution in [0.1, 0.15) is 40.5 Å². The van der Waals surface area contributed by atoms with E-state index in [9.17, 15) is 0 Å². The number of rotatable bonds is 4. The van der Waals surface area contributed by atoms with E-state index in [1.165, 1.54) is 45.6 Å². The molecule has 2 unspecified atom stereocenters. The molecule has 0 aromatic heterocycles. The minimum absolute atomic E-state index is 0.614. The van der Waals surface area contributed by atoms with Gasteiger partial charge in [-0.2, -0.15) is 0 Å². The molecule has 3 fully saturated rings. The first-order valence-electron chi connectivity index (χ1n) is 9.36. The smallest absolute Gasteiger partial charge is 0.0635 e. The van der Waals surface area contributed by atoms with Gasteiger partial charge in [-0.3, -0.25) is 9.80 Å². The monoisotopic (exact) mass is 309 g/mol. The third kappa shape index (κ3) is 3.66. The lowest BCUT2D eigenvalue weighted by Gasteiger charge is -2.52. The SMILES string of the molecule is CC(C)N1CCC(CN2CC3COCC(C2)N3C(C)C)CC1. The third-order valence-electron chi connectivity index (χ3n) is 5.89. The topological polar surface area (TPSA) is 19.0 Å². The van der Waals surface area contributed by atoms with Gasteiger partial charge in [0.2, 0.25) is 0 Å². The maximum absolute atomic E-state index is 5.82. The van der Waals surface area contributed by atoms with Gasteiger partial charge in [0.05, 0.1) is 13.2 Å². The fourth-order valence-electron chi connectivity index (χ4n) is 4.78. The van der Waals surface area contributed by atoms with Gasteiger partial charge in [-0.25, -0.2) is 0 Å². The molecule has 0 radical (unpaired) electrons. The van der Waals surface area contributed by atoms with Gasteiger partial charge in [0, 0.05) is 43.8 Å². The standard InChI is InChI=1S/C18H35N3O/c1-14(2)20-7-5-16(6-8-20)9-19-10-17-12-22-13-18(11-19)21(17)15(3)4/h14-18H,5-13H2,1-4H3. The van der Waals surface area contributed by atoms with Gasteiger partial charge >= 0.3 is 0 Å². The maximum Gasteiger partial charge on any atom is 0.0635 e. The zero-order valence-corrected chi connectivity index (χ0v) is 15.0. The van der Waals surface area contributed by atoms with Crippen molar-refractivity contribution in [3.8, 4) is 0 Å². The van der Waals surface area contributed by atoms with Crippen LogP contribution in [0.5, 0.6) is 0 Å². The van der Waals surface area contributed by atoms with Crippen LogP contribution in [0.15, 0.2) is 0 Å². The first-order valence-corrected chi connectivity index (χ1v) is 9.36. The number of likely N-dealkylation sites (tertiary alicyclic amines) is 1. The normalized spacial score (nSPS) is 33.0. The molecule has 2 bridgehead atoms.